The van der Waals surface area contributed by atoms with Gasteiger partial charge >= 0.3 is 0 Å². The van der Waals surface area contributed by atoms with Crippen LogP contribution in [0.1, 0.15) is 67.4 Å². The van der Waals surface area contributed by atoms with Crippen LogP contribution < -0.4 is 20.1 Å². The van der Waals surface area contributed by atoms with E-state index in [1.807, 2.05) is 45.0 Å². The Morgan fingerprint density at radius 3 is 2.39 bits per heavy atom. The van der Waals surface area contributed by atoms with Crippen LogP contribution in [-0.2, 0) is 4.79 Å². The maximum atomic E-state index is 13.1. The summed E-state index contributed by atoms with van der Waals surface area (Å²) in [4.78, 5) is 25.8. The van der Waals surface area contributed by atoms with Crippen LogP contribution in [0.15, 0.2) is 24.3 Å². The summed E-state index contributed by atoms with van der Waals surface area (Å²) in [5.74, 6) is 1.59. The molecule has 2 amide bonds. The number of aryl methyl sites for hydroxylation is 1. The number of rotatable bonds is 10. The first-order valence-corrected chi connectivity index (χ1v) is 11.8. The van der Waals surface area contributed by atoms with E-state index in [0.29, 0.717) is 29.6 Å². The Morgan fingerprint density at radius 1 is 1.10 bits per heavy atom. The number of anilines is 1. The van der Waals surface area contributed by atoms with Crippen molar-refractivity contribution in [3.05, 3.63) is 40.3 Å². The summed E-state index contributed by atoms with van der Waals surface area (Å²) in [7, 11) is 0. The molecule has 1 fully saturated rings. The number of hydrogen-bond acceptors (Lipinski definition) is 5. The van der Waals surface area contributed by atoms with Gasteiger partial charge < -0.3 is 20.1 Å². The van der Waals surface area contributed by atoms with Gasteiger partial charge in [0.05, 0.1) is 29.1 Å². The first kappa shape index (κ1) is 23.1. The molecule has 1 heterocycles. The summed E-state index contributed by atoms with van der Waals surface area (Å²) in [6.07, 6.45) is 1.90. The van der Waals surface area contributed by atoms with Crippen molar-refractivity contribution in [3.63, 3.8) is 0 Å². The van der Waals surface area contributed by atoms with Crippen LogP contribution in [0.4, 0.5) is 5.00 Å². The van der Waals surface area contributed by atoms with Crippen molar-refractivity contribution in [1.29, 1.82) is 0 Å². The minimum absolute atomic E-state index is 0.0473. The minimum Gasteiger partial charge on any atom is -0.490 e. The highest BCUT2D eigenvalue weighted by Crippen LogP contribution is 2.35. The Balaban J connectivity index is 1.78. The highest BCUT2D eigenvalue weighted by molar-refractivity contribution is 7.18. The molecule has 1 unspecified atom stereocenters. The van der Waals surface area contributed by atoms with Crippen molar-refractivity contribution in [2.45, 2.75) is 53.5 Å². The highest BCUT2D eigenvalue weighted by atomic mass is 32.1. The largest absolute Gasteiger partial charge is 0.490 e. The molecule has 0 bridgehead atoms. The maximum absolute atomic E-state index is 13.1. The predicted octanol–water partition coefficient (Wildman–Crippen LogP) is 5.33. The molecule has 2 aromatic rings. The molecule has 3 rings (SSSR count). The maximum Gasteiger partial charge on any atom is 0.262 e. The van der Waals surface area contributed by atoms with Crippen LogP contribution in [0.25, 0.3) is 0 Å². The zero-order valence-corrected chi connectivity index (χ0v) is 19.7. The topological polar surface area (TPSA) is 76.7 Å². The molecule has 1 aromatic heterocycles. The smallest absolute Gasteiger partial charge is 0.262 e. The van der Waals surface area contributed by atoms with Gasteiger partial charge in [0, 0.05) is 5.92 Å². The quantitative estimate of drug-likeness (QED) is 0.519. The number of thiophene rings is 1. The molecule has 1 saturated carbocycles. The van der Waals surface area contributed by atoms with Gasteiger partial charge in [0.25, 0.3) is 5.91 Å². The number of carbonyl (C=O) groups is 2. The van der Waals surface area contributed by atoms with E-state index in [2.05, 4.69) is 24.5 Å². The fourth-order valence-electron chi connectivity index (χ4n) is 3.44. The Hall–Kier alpha value is -2.54. The Morgan fingerprint density at radius 2 is 1.77 bits per heavy atom. The molecular formula is C24H32N2O4S. The number of amides is 2. The van der Waals surface area contributed by atoms with Gasteiger partial charge in [-0.05, 0) is 68.9 Å². The average Bonchev–Trinajstić information content (AvgIpc) is 3.51. The number of hydrogen-bond donors (Lipinski definition) is 2. The van der Waals surface area contributed by atoms with Crippen molar-refractivity contribution in [2.24, 2.45) is 11.8 Å². The molecule has 1 aliphatic carbocycles. The van der Waals surface area contributed by atoms with Gasteiger partial charge in [-0.15, -0.1) is 11.3 Å². The second-order valence-electron chi connectivity index (χ2n) is 8.15. The highest BCUT2D eigenvalue weighted by Gasteiger charge is 2.30. The molecular weight excluding hydrogens is 412 g/mol. The van der Waals surface area contributed by atoms with Crippen molar-refractivity contribution >= 4 is 28.2 Å². The SMILES string of the molecule is CCOc1ccc(C(NC(=O)c2sc(NC(=O)C3CC3)cc2C)C(C)C)cc1OCC. The van der Waals surface area contributed by atoms with Crippen LogP contribution in [0.3, 0.4) is 0 Å². The zero-order valence-electron chi connectivity index (χ0n) is 18.9. The third-order valence-corrected chi connectivity index (χ3v) is 6.35. The van der Waals surface area contributed by atoms with E-state index in [1.54, 1.807) is 0 Å². The van der Waals surface area contributed by atoms with E-state index in [9.17, 15) is 9.59 Å². The van der Waals surface area contributed by atoms with E-state index in [0.717, 1.165) is 29.0 Å². The predicted molar refractivity (Wildman–Crippen MR) is 124 cm³/mol. The molecule has 168 valence electrons. The molecule has 31 heavy (non-hydrogen) atoms. The van der Waals surface area contributed by atoms with E-state index in [1.165, 1.54) is 11.3 Å². The van der Waals surface area contributed by atoms with E-state index in [4.69, 9.17) is 9.47 Å². The molecule has 1 atom stereocenters. The number of carbonyl (C=O) groups excluding carboxylic acids is 2. The summed E-state index contributed by atoms with van der Waals surface area (Å²) in [6.45, 7) is 11.0. The molecule has 6 nitrogen and oxygen atoms in total. The van der Waals surface area contributed by atoms with Crippen LogP contribution in [0.2, 0.25) is 0 Å². The van der Waals surface area contributed by atoms with Gasteiger partial charge in [-0.1, -0.05) is 19.9 Å². The molecule has 0 aliphatic heterocycles. The molecule has 1 aliphatic rings. The molecule has 0 saturated heterocycles. The second-order valence-corrected chi connectivity index (χ2v) is 9.21. The Bertz CT molecular complexity index is 934. The van der Waals surface area contributed by atoms with Crippen molar-refractivity contribution in [2.75, 3.05) is 18.5 Å². The Labute approximate surface area is 188 Å². The monoisotopic (exact) mass is 444 g/mol. The minimum atomic E-state index is -0.187. The van der Waals surface area contributed by atoms with Gasteiger partial charge in [-0.2, -0.15) is 0 Å². The van der Waals surface area contributed by atoms with E-state index in [-0.39, 0.29) is 29.7 Å². The van der Waals surface area contributed by atoms with Gasteiger partial charge in [0.2, 0.25) is 5.91 Å². The number of nitrogens with one attached hydrogen (secondary N) is 2. The zero-order chi connectivity index (χ0) is 22.5. The molecule has 1 aromatic carbocycles. The lowest BCUT2D eigenvalue weighted by atomic mass is 9.95. The normalized spacial score (nSPS) is 14.3. The summed E-state index contributed by atoms with van der Waals surface area (Å²) in [5.41, 5.74) is 1.82. The lowest BCUT2D eigenvalue weighted by Gasteiger charge is -2.24. The van der Waals surface area contributed by atoms with Crippen molar-refractivity contribution < 1.29 is 19.1 Å². The third-order valence-electron chi connectivity index (χ3n) is 5.20. The van der Waals surface area contributed by atoms with Crippen molar-refractivity contribution in [1.82, 2.24) is 5.32 Å². The molecule has 0 radical (unpaired) electrons. The molecule has 0 spiro atoms. The lowest BCUT2D eigenvalue weighted by Crippen LogP contribution is -2.31. The fourth-order valence-corrected chi connectivity index (χ4v) is 4.42. The van der Waals surface area contributed by atoms with Crippen LogP contribution >= 0.6 is 11.3 Å². The van der Waals surface area contributed by atoms with Crippen LogP contribution in [-0.4, -0.2) is 25.0 Å². The van der Waals surface area contributed by atoms with E-state index < -0.39 is 0 Å². The summed E-state index contributed by atoms with van der Waals surface area (Å²) < 4.78 is 11.4. The number of benzene rings is 1. The second kappa shape index (κ2) is 10.2. The standard InChI is InChI=1S/C24H32N2O4S/c1-6-29-18-11-10-17(13-19(18)30-7-2)21(14(3)4)26-24(28)22-15(5)12-20(31-22)25-23(27)16-8-9-16/h10-14,16,21H,6-9H2,1-5H3,(H,25,27)(H,26,28). The fraction of sp³-hybridized carbons (Fsp3) is 0.500. The van der Waals surface area contributed by atoms with Crippen molar-refractivity contribution in [3.8, 4) is 11.5 Å². The first-order chi connectivity index (χ1) is 14.8. The summed E-state index contributed by atoms with van der Waals surface area (Å²) in [5, 5.41) is 6.83. The molecule has 7 heteroatoms. The third kappa shape index (κ3) is 5.79. The summed E-state index contributed by atoms with van der Waals surface area (Å²) >= 11 is 1.32. The summed E-state index contributed by atoms with van der Waals surface area (Å²) in [6, 6.07) is 7.50. The van der Waals surface area contributed by atoms with E-state index >= 15 is 0 Å². The van der Waals surface area contributed by atoms with Gasteiger partial charge in [0.15, 0.2) is 11.5 Å². The van der Waals surface area contributed by atoms with Gasteiger partial charge in [0.1, 0.15) is 0 Å². The molecule has 2 N–H and O–H groups in total. The number of ether oxygens (including phenoxy) is 2. The lowest BCUT2D eigenvalue weighted by molar-refractivity contribution is -0.117. The van der Waals surface area contributed by atoms with Gasteiger partial charge in [-0.25, -0.2) is 0 Å². The van der Waals surface area contributed by atoms with Gasteiger partial charge in [-0.3, -0.25) is 9.59 Å². The average molecular weight is 445 g/mol. The van der Waals surface area contributed by atoms with Crippen LogP contribution in [0.5, 0.6) is 11.5 Å². The van der Waals surface area contributed by atoms with Crippen LogP contribution in [0, 0.1) is 18.8 Å². The Kier molecular flexibility index (Phi) is 7.59. The first-order valence-electron chi connectivity index (χ1n) is 11.0.